The lowest BCUT2D eigenvalue weighted by Gasteiger charge is -2.35. The predicted molar refractivity (Wildman–Crippen MR) is 104 cm³/mol. The summed E-state index contributed by atoms with van der Waals surface area (Å²) in [6.45, 7) is 6.69. The van der Waals surface area contributed by atoms with Crippen LogP contribution in [-0.2, 0) is 0 Å². The molecule has 2 aliphatic rings. The molecule has 0 aromatic heterocycles. The Morgan fingerprint density at radius 1 is 1.12 bits per heavy atom. The largest absolute Gasteiger partial charge is 0.391 e. The van der Waals surface area contributed by atoms with Crippen molar-refractivity contribution in [3.05, 3.63) is 23.8 Å². The maximum Gasteiger partial charge on any atom is 0.391 e. The number of hydrogen-bond acceptors (Lipinski definition) is 0. The Balaban J connectivity index is 1.81. The zero-order valence-corrected chi connectivity index (χ0v) is 16.8. The van der Waals surface area contributed by atoms with Crippen molar-refractivity contribution in [3.8, 4) is 0 Å². The lowest BCUT2D eigenvalue weighted by atomic mass is 9.71. The number of halogens is 3. The molecule has 0 bridgehead atoms. The Labute approximate surface area is 158 Å². The molecule has 1 fully saturated rings. The smallest absolute Gasteiger partial charge is 0.171 e. The first-order chi connectivity index (χ1) is 12.3. The molecule has 2 rings (SSSR count). The Hall–Kier alpha value is -0.730. The molecule has 26 heavy (non-hydrogen) atoms. The summed E-state index contributed by atoms with van der Waals surface area (Å²) in [6.07, 6.45) is 12.3. The molecule has 3 heteroatoms. The first-order valence-electron chi connectivity index (χ1n) is 10.7. The highest BCUT2D eigenvalue weighted by Crippen LogP contribution is 2.44. The highest BCUT2D eigenvalue weighted by Gasteiger charge is 2.42. The van der Waals surface area contributed by atoms with Gasteiger partial charge in [0.25, 0.3) is 0 Å². The fraction of sp³-hybridized carbons (Fsp3) is 0.826. The Morgan fingerprint density at radius 2 is 1.81 bits per heavy atom. The quantitative estimate of drug-likeness (QED) is 0.397. The van der Waals surface area contributed by atoms with Crippen molar-refractivity contribution in [2.45, 2.75) is 91.2 Å². The van der Waals surface area contributed by atoms with Crippen LogP contribution in [-0.4, -0.2) is 6.18 Å². The number of allylic oxidation sites excluding steroid dienone is 4. The third-order valence-corrected chi connectivity index (χ3v) is 6.91. The first-order valence-corrected chi connectivity index (χ1v) is 10.7. The SMILES string of the molecule is C/C=C/C(C)CCC(CC)C1CC=C(C2CCC(C(F)(F)F)CC2)CC1. The average Bonchev–Trinajstić information content (AvgIpc) is 2.62. The third kappa shape index (κ3) is 6.16. The molecule has 3 unspecified atom stereocenters. The van der Waals surface area contributed by atoms with Gasteiger partial charge in [0.2, 0.25) is 0 Å². The normalized spacial score (nSPS) is 30.2. The number of rotatable bonds is 7. The molecule has 2 aliphatic carbocycles. The van der Waals surface area contributed by atoms with Crippen LogP contribution in [0.2, 0.25) is 0 Å². The molecule has 0 radical (unpaired) electrons. The summed E-state index contributed by atoms with van der Waals surface area (Å²) in [7, 11) is 0. The lowest BCUT2D eigenvalue weighted by Crippen LogP contribution is -2.29. The van der Waals surface area contributed by atoms with Crippen LogP contribution < -0.4 is 0 Å². The molecule has 0 nitrogen and oxygen atoms in total. The maximum atomic E-state index is 12.8. The molecule has 0 aromatic rings. The fourth-order valence-corrected chi connectivity index (χ4v) is 5.14. The predicted octanol–water partition coefficient (Wildman–Crippen LogP) is 8.10. The minimum absolute atomic E-state index is 0.329. The number of hydrogen-bond donors (Lipinski definition) is 0. The summed E-state index contributed by atoms with van der Waals surface area (Å²) in [5.41, 5.74) is 1.47. The summed E-state index contributed by atoms with van der Waals surface area (Å²) in [6, 6.07) is 0. The van der Waals surface area contributed by atoms with Crippen molar-refractivity contribution in [3.63, 3.8) is 0 Å². The van der Waals surface area contributed by atoms with Gasteiger partial charge >= 0.3 is 6.18 Å². The van der Waals surface area contributed by atoms with E-state index < -0.39 is 12.1 Å². The molecule has 0 spiro atoms. The van der Waals surface area contributed by atoms with Crippen molar-refractivity contribution in [2.24, 2.45) is 29.6 Å². The van der Waals surface area contributed by atoms with Crippen LogP contribution in [0.25, 0.3) is 0 Å². The standard InChI is InChI=1S/C23H37F3/c1-4-6-17(3)7-8-18(5-2)19-9-11-20(12-10-19)21-13-15-22(16-14-21)23(24,25)26/h4,6,11,17-19,21-22H,5,7-10,12-16H2,1-3H3/b6-4+. The van der Waals surface area contributed by atoms with E-state index in [0.717, 1.165) is 37.5 Å². The minimum Gasteiger partial charge on any atom is -0.171 e. The van der Waals surface area contributed by atoms with Gasteiger partial charge in [0.1, 0.15) is 0 Å². The van der Waals surface area contributed by atoms with Crippen LogP contribution in [0.1, 0.15) is 85.0 Å². The van der Waals surface area contributed by atoms with Gasteiger partial charge in [-0.3, -0.25) is 0 Å². The minimum atomic E-state index is -3.99. The van der Waals surface area contributed by atoms with Crippen molar-refractivity contribution in [1.29, 1.82) is 0 Å². The van der Waals surface area contributed by atoms with Gasteiger partial charge < -0.3 is 0 Å². The highest BCUT2D eigenvalue weighted by molar-refractivity contribution is 5.12. The van der Waals surface area contributed by atoms with Crippen LogP contribution in [0.3, 0.4) is 0 Å². The molecule has 0 N–H and O–H groups in total. The zero-order chi connectivity index (χ0) is 19.2. The Morgan fingerprint density at radius 3 is 2.31 bits per heavy atom. The van der Waals surface area contributed by atoms with Crippen LogP contribution in [0, 0.1) is 29.6 Å². The van der Waals surface area contributed by atoms with E-state index in [-0.39, 0.29) is 0 Å². The van der Waals surface area contributed by atoms with Gasteiger partial charge in [0.05, 0.1) is 5.92 Å². The second-order valence-electron chi connectivity index (χ2n) is 8.65. The van der Waals surface area contributed by atoms with E-state index in [1.165, 1.54) is 31.3 Å². The number of alkyl halides is 3. The van der Waals surface area contributed by atoms with Gasteiger partial charge in [-0.05, 0) is 88.4 Å². The van der Waals surface area contributed by atoms with Gasteiger partial charge in [0, 0.05) is 0 Å². The van der Waals surface area contributed by atoms with Crippen molar-refractivity contribution in [1.82, 2.24) is 0 Å². The molecule has 0 amide bonds. The maximum absolute atomic E-state index is 12.8. The van der Waals surface area contributed by atoms with Gasteiger partial charge in [-0.1, -0.05) is 44.1 Å². The first kappa shape index (κ1) is 21.6. The molecule has 0 heterocycles. The van der Waals surface area contributed by atoms with E-state index in [1.807, 2.05) is 0 Å². The summed E-state index contributed by atoms with van der Waals surface area (Å²) in [5.74, 6) is 1.59. The van der Waals surface area contributed by atoms with Crippen molar-refractivity contribution in [2.75, 3.05) is 0 Å². The molecule has 150 valence electrons. The van der Waals surface area contributed by atoms with Crippen molar-refractivity contribution < 1.29 is 13.2 Å². The van der Waals surface area contributed by atoms with E-state index in [1.54, 1.807) is 0 Å². The summed E-state index contributed by atoms with van der Waals surface area (Å²) >= 11 is 0. The van der Waals surface area contributed by atoms with Gasteiger partial charge in [-0.15, -0.1) is 0 Å². The van der Waals surface area contributed by atoms with Crippen molar-refractivity contribution >= 4 is 0 Å². The van der Waals surface area contributed by atoms with Crippen LogP contribution in [0.15, 0.2) is 23.8 Å². The average molecular weight is 371 g/mol. The van der Waals surface area contributed by atoms with E-state index in [9.17, 15) is 13.2 Å². The Kier molecular flexibility index (Phi) is 8.29. The third-order valence-electron chi connectivity index (χ3n) is 6.91. The van der Waals surface area contributed by atoms with E-state index in [2.05, 4.69) is 39.0 Å². The van der Waals surface area contributed by atoms with E-state index in [0.29, 0.717) is 24.7 Å². The Bertz CT molecular complexity index is 466. The topological polar surface area (TPSA) is 0 Å². The van der Waals surface area contributed by atoms with Crippen LogP contribution in [0.4, 0.5) is 13.2 Å². The van der Waals surface area contributed by atoms with E-state index >= 15 is 0 Å². The molecule has 1 saturated carbocycles. The van der Waals surface area contributed by atoms with Crippen LogP contribution in [0.5, 0.6) is 0 Å². The monoisotopic (exact) mass is 370 g/mol. The molecular weight excluding hydrogens is 333 g/mol. The van der Waals surface area contributed by atoms with E-state index in [4.69, 9.17) is 0 Å². The fourth-order valence-electron chi connectivity index (χ4n) is 5.14. The summed E-state index contributed by atoms with van der Waals surface area (Å²) < 4.78 is 38.5. The molecule has 3 atom stereocenters. The lowest BCUT2D eigenvalue weighted by molar-refractivity contribution is -0.183. The van der Waals surface area contributed by atoms with Gasteiger partial charge in [-0.25, -0.2) is 0 Å². The highest BCUT2D eigenvalue weighted by atomic mass is 19.4. The summed E-state index contributed by atoms with van der Waals surface area (Å²) in [4.78, 5) is 0. The second kappa shape index (κ2) is 9.99. The summed E-state index contributed by atoms with van der Waals surface area (Å²) in [5, 5.41) is 0. The molecule has 0 aliphatic heterocycles. The molecule has 0 aromatic carbocycles. The van der Waals surface area contributed by atoms with Crippen LogP contribution >= 0.6 is 0 Å². The second-order valence-corrected chi connectivity index (χ2v) is 8.65. The molecular formula is C23H37F3. The van der Waals surface area contributed by atoms with Gasteiger partial charge in [0.15, 0.2) is 0 Å². The zero-order valence-electron chi connectivity index (χ0n) is 16.8. The van der Waals surface area contributed by atoms with Gasteiger partial charge in [-0.2, -0.15) is 13.2 Å². The molecule has 0 saturated heterocycles.